The van der Waals surface area contributed by atoms with Crippen LogP contribution in [0.4, 0.5) is 17.2 Å². The molecule has 0 saturated carbocycles. The number of hydrogen-bond donors (Lipinski definition) is 1. The second-order valence-corrected chi connectivity index (χ2v) is 8.00. The number of hydrogen-bond acceptors (Lipinski definition) is 6. The predicted molar refractivity (Wildman–Crippen MR) is 114 cm³/mol. The third-order valence-corrected chi connectivity index (χ3v) is 6.10. The fraction of sp³-hybridized carbons (Fsp3) is 0.500. The Hall–Kier alpha value is -2.67. The number of benzene rings is 1. The number of ether oxygens (including phenoxy) is 1. The zero-order valence-corrected chi connectivity index (χ0v) is 17.6. The first-order valence-corrected chi connectivity index (χ1v) is 10.3. The molecule has 1 N–H and O–H groups in total. The quantitative estimate of drug-likeness (QED) is 0.861. The van der Waals surface area contributed by atoms with Crippen molar-refractivity contribution < 1.29 is 9.53 Å². The molecule has 0 radical (unpaired) electrons. The minimum absolute atomic E-state index is 0.0357. The molecule has 0 aliphatic carbocycles. The lowest BCUT2D eigenvalue weighted by Gasteiger charge is -2.44. The van der Waals surface area contributed by atoms with Crippen molar-refractivity contribution >= 4 is 23.1 Å². The lowest BCUT2D eigenvalue weighted by molar-refractivity contribution is -0.117. The molecule has 0 bridgehead atoms. The first-order valence-electron chi connectivity index (χ1n) is 10.3. The van der Waals surface area contributed by atoms with E-state index in [0.29, 0.717) is 0 Å². The Morgan fingerprint density at radius 2 is 1.93 bits per heavy atom. The van der Waals surface area contributed by atoms with Crippen molar-refractivity contribution in [2.45, 2.75) is 39.8 Å². The summed E-state index contributed by atoms with van der Waals surface area (Å²) in [4.78, 5) is 25.6. The molecule has 3 atom stereocenters. The number of rotatable bonds is 3. The van der Waals surface area contributed by atoms with Gasteiger partial charge in [-0.2, -0.15) is 0 Å². The van der Waals surface area contributed by atoms with Crippen LogP contribution >= 0.6 is 0 Å². The lowest BCUT2D eigenvalue weighted by Crippen LogP contribution is -2.48. The smallest absolute Gasteiger partial charge is 0.224 e. The van der Waals surface area contributed by atoms with Crippen LogP contribution in [0.3, 0.4) is 0 Å². The zero-order chi connectivity index (χ0) is 20.5. The molecule has 2 aliphatic rings. The van der Waals surface area contributed by atoms with Crippen LogP contribution in [0.25, 0.3) is 0 Å². The minimum Gasteiger partial charge on any atom is -0.378 e. The van der Waals surface area contributed by atoms with E-state index in [1.807, 2.05) is 11.8 Å². The Bertz CT molecular complexity index is 879. The van der Waals surface area contributed by atoms with Gasteiger partial charge in [-0.3, -0.25) is 9.78 Å². The topological polar surface area (TPSA) is 70.6 Å². The van der Waals surface area contributed by atoms with Crippen molar-refractivity contribution in [3.63, 3.8) is 0 Å². The van der Waals surface area contributed by atoms with Crippen molar-refractivity contribution in [1.82, 2.24) is 9.97 Å². The molecule has 154 valence electrons. The van der Waals surface area contributed by atoms with Gasteiger partial charge in [-0.25, -0.2) is 4.98 Å². The van der Waals surface area contributed by atoms with E-state index >= 15 is 0 Å². The third-order valence-electron chi connectivity index (χ3n) is 6.10. The van der Waals surface area contributed by atoms with Crippen molar-refractivity contribution in [3.8, 4) is 0 Å². The van der Waals surface area contributed by atoms with Crippen LogP contribution in [0.1, 0.15) is 38.1 Å². The second-order valence-electron chi connectivity index (χ2n) is 8.00. The van der Waals surface area contributed by atoms with E-state index < -0.39 is 0 Å². The van der Waals surface area contributed by atoms with Crippen LogP contribution in [0, 0.1) is 12.8 Å². The average Bonchev–Trinajstić information content (AvgIpc) is 2.73. The van der Waals surface area contributed by atoms with Crippen LogP contribution in [-0.2, 0) is 9.53 Å². The van der Waals surface area contributed by atoms with Gasteiger partial charge in [0, 0.05) is 48.9 Å². The molecule has 2 aliphatic heterocycles. The van der Waals surface area contributed by atoms with Gasteiger partial charge in [0.1, 0.15) is 5.82 Å². The summed E-state index contributed by atoms with van der Waals surface area (Å²) in [6, 6.07) is 6.53. The molecule has 2 aromatic rings. The Morgan fingerprint density at radius 1 is 1.17 bits per heavy atom. The normalized spacial score (nSPS) is 24.2. The zero-order valence-electron chi connectivity index (χ0n) is 17.6. The molecule has 1 amide bonds. The molecule has 29 heavy (non-hydrogen) atoms. The third kappa shape index (κ3) is 3.79. The highest BCUT2D eigenvalue weighted by Crippen LogP contribution is 2.43. The molecule has 1 aromatic heterocycles. The van der Waals surface area contributed by atoms with E-state index in [1.165, 1.54) is 5.69 Å². The van der Waals surface area contributed by atoms with Crippen LogP contribution in [0.2, 0.25) is 0 Å². The summed E-state index contributed by atoms with van der Waals surface area (Å²) >= 11 is 0. The number of carbonyl (C=O) groups excluding carboxylic acids is 1. The minimum atomic E-state index is 0.0357. The van der Waals surface area contributed by atoms with E-state index in [9.17, 15) is 4.79 Å². The number of morpholine rings is 1. The van der Waals surface area contributed by atoms with Crippen molar-refractivity contribution in [3.05, 3.63) is 41.9 Å². The van der Waals surface area contributed by atoms with Crippen LogP contribution < -0.4 is 15.1 Å². The average molecular weight is 396 g/mol. The highest BCUT2D eigenvalue weighted by atomic mass is 16.5. The Labute approximate surface area is 172 Å². The molecule has 1 fully saturated rings. The van der Waals surface area contributed by atoms with Gasteiger partial charge in [0.15, 0.2) is 0 Å². The summed E-state index contributed by atoms with van der Waals surface area (Å²) < 4.78 is 5.50. The molecular formula is C22H29N5O2. The first kappa shape index (κ1) is 19.6. The number of anilines is 3. The molecule has 4 rings (SSSR count). The Morgan fingerprint density at radius 3 is 2.59 bits per heavy atom. The van der Waals surface area contributed by atoms with Gasteiger partial charge in [-0.05, 0) is 32.0 Å². The summed E-state index contributed by atoms with van der Waals surface area (Å²) in [5, 5.41) is 3.58. The van der Waals surface area contributed by atoms with Gasteiger partial charge in [0.05, 0.1) is 37.3 Å². The van der Waals surface area contributed by atoms with E-state index in [-0.39, 0.29) is 23.9 Å². The van der Waals surface area contributed by atoms with E-state index in [2.05, 4.69) is 52.2 Å². The van der Waals surface area contributed by atoms with Gasteiger partial charge in [0.2, 0.25) is 5.91 Å². The maximum absolute atomic E-state index is 12.5. The number of aryl methyl sites for hydroxylation is 1. The fourth-order valence-corrected chi connectivity index (χ4v) is 4.34. The van der Waals surface area contributed by atoms with Crippen LogP contribution in [0.15, 0.2) is 30.6 Å². The predicted octanol–water partition coefficient (Wildman–Crippen LogP) is 3.17. The summed E-state index contributed by atoms with van der Waals surface area (Å²) in [5.74, 6) is 1.02. The van der Waals surface area contributed by atoms with Gasteiger partial charge < -0.3 is 19.9 Å². The second kappa shape index (κ2) is 7.99. The number of carbonyl (C=O) groups is 1. The first-order chi connectivity index (χ1) is 14.0. The molecule has 1 saturated heterocycles. The molecule has 0 unspecified atom stereocenters. The summed E-state index contributed by atoms with van der Waals surface area (Å²) in [5.41, 5.74) is 4.15. The molecule has 3 heterocycles. The maximum Gasteiger partial charge on any atom is 0.224 e. The van der Waals surface area contributed by atoms with Gasteiger partial charge >= 0.3 is 0 Å². The fourth-order valence-electron chi connectivity index (χ4n) is 4.34. The highest BCUT2D eigenvalue weighted by molar-refractivity contribution is 5.94. The molecule has 7 heteroatoms. The summed E-state index contributed by atoms with van der Waals surface area (Å²) in [6.07, 6.45) is 3.54. The highest BCUT2D eigenvalue weighted by Gasteiger charge is 2.38. The van der Waals surface area contributed by atoms with Crippen LogP contribution in [-0.4, -0.2) is 48.2 Å². The molecular weight excluding hydrogens is 366 g/mol. The SMILES string of the molecule is CC(=O)N1c2ccc(N3CCOCC3)cc2[C@H](Nc2cnc(C)cn2)[C@@H](C)[C@@H]1C. The number of nitrogens with one attached hydrogen (secondary N) is 1. The number of fused-ring (bicyclic) bond motifs is 1. The summed E-state index contributed by atoms with van der Waals surface area (Å²) in [7, 11) is 0. The van der Waals surface area contributed by atoms with E-state index in [1.54, 1.807) is 19.3 Å². The van der Waals surface area contributed by atoms with Gasteiger partial charge in [-0.15, -0.1) is 0 Å². The number of amides is 1. The monoisotopic (exact) mass is 395 g/mol. The Kier molecular flexibility index (Phi) is 5.41. The number of nitrogens with zero attached hydrogens (tertiary/aromatic N) is 4. The van der Waals surface area contributed by atoms with Crippen molar-refractivity contribution in [2.24, 2.45) is 5.92 Å². The summed E-state index contributed by atoms with van der Waals surface area (Å²) in [6.45, 7) is 11.1. The number of aromatic nitrogens is 2. The van der Waals surface area contributed by atoms with Gasteiger partial charge in [0.25, 0.3) is 0 Å². The van der Waals surface area contributed by atoms with Crippen molar-refractivity contribution in [2.75, 3.05) is 41.4 Å². The maximum atomic E-state index is 12.5. The van der Waals surface area contributed by atoms with E-state index in [0.717, 1.165) is 49.1 Å². The molecule has 1 aromatic carbocycles. The van der Waals surface area contributed by atoms with E-state index in [4.69, 9.17) is 4.74 Å². The molecule has 0 spiro atoms. The van der Waals surface area contributed by atoms with Crippen LogP contribution in [0.5, 0.6) is 0 Å². The standard InChI is InChI=1S/C22H29N5O2/c1-14-12-24-21(13-23-14)25-22-15(2)16(3)27(17(4)28)20-6-5-18(11-19(20)22)26-7-9-29-10-8-26/h5-6,11-13,15-16,22H,7-10H2,1-4H3,(H,24,25)/t15-,16-,22+/m0/s1. The van der Waals surface area contributed by atoms with Crippen molar-refractivity contribution in [1.29, 1.82) is 0 Å². The van der Waals surface area contributed by atoms with Gasteiger partial charge in [-0.1, -0.05) is 6.92 Å². The molecule has 7 nitrogen and oxygen atoms in total. The lowest BCUT2D eigenvalue weighted by atomic mass is 9.82. The largest absolute Gasteiger partial charge is 0.378 e. The Balaban J connectivity index is 1.75.